The maximum absolute atomic E-state index is 10.7. The minimum absolute atomic E-state index is 0.0273. The van der Waals surface area contributed by atoms with Gasteiger partial charge in [0.2, 0.25) is 0 Å². The highest BCUT2D eigenvalue weighted by atomic mass is 16.6. The minimum Gasteiger partial charge on any atom is -0.392 e. The molecular weight excluding hydrogens is 258 g/mol. The first-order chi connectivity index (χ1) is 9.42. The van der Waals surface area contributed by atoms with Gasteiger partial charge in [0.15, 0.2) is 0 Å². The number of aliphatic hydroxyl groups excluding tert-OH is 1. The smallest absolute Gasteiger partial charge is 0.290 e. The first-order valence-electron chi connectivity index (χ1n) is 6.95. The molecule has 0 bridgehead atoms. The Labute approximate surface area is 118 Å². The lowest BCUT2D eigenvalue weighted by atomic mass is 9.73. The Kier molecular flexibility index (Phi) is 4.23. The molecular formula is C14H21N3O3. The fourth-order valence-corrected chi connectivity index (χ4v) is 2.72. The van der Waals surface area contributed by atoms with Crippen molar-refractivity contribution in [2.75, 3.05) is 11.9 Å². The molecule has 6 heteroatoms. The van der Waals surface area contributed by atoms with Crippen molar-refractivity contribution in [2.45, 2.75) is 45.6 Å². The molecule has 1 aliphatic carbocycles. The molecule has 1 aliphatic rings. The first kappa shape index (κ1) is 14.7. The predicted octanol–water partition coefficient (Wildman–Crippen LogP) is 2.65. The molecule has 6 nitrogen and oxygen atoms in total. The number of nitrogens with zero attached hydrogens (tertiary/aromatic N) is 2. The average molecular weight is 279 g/mol. The van der Waals surface area contributed by atoms with Crippen LogP contribution in [-0.4, -0.2) is 27.7 Å². The van der Waals surface area contributed by atoms with E-state index >= 15 is 0 Å². The SMILES string of the molecule is Cc1cc(NCC2(C)CCCCC2O)ncc1[N+](=O)[O-]. The Balaban J connectivity index is 2.04. The van der Waals surface area contributed by atoms with Gasteiger partial charge < -0.3 is 10.4 Å². The van der Waals surface area contributed by atoms with E-state index in [4.69, 9.17) is 0 Å². The van der Waals surface area contributed by atoms with Gasteiger partial charge in [-0.2, -0.15) is 0 Å². The van der Waals surface area contributed by atoms with Crippen LogP contribution in [0.4, 0.5) is 11.5 Å². The maximum Gasteiger partial charge on any atom is 0.290 e. The Morgan fingerprint density at radius 1 is 1.60 bits per heavy atom. The van der Waals surface area contributed by atoms with Crippen LogP contribution in [0.15, 0.2) is 12.3 Å². The summed E-state index contributed by atoms with van der Waals surface area (Å²) in [4.78, 5) is 14.4. The Morgan fingerprint density at radius 3 is 2.95 bits per heavy atom. The van der Waals surface area contributed by atoms with E-state index in [0.717, 1.165) is 25.7 Å². The zero-order valence-electron chi connectivity index (χ0n) is 11.9. The van der Waals surface area contributed by atoms with Gasteiger partial charge >= 0.3 is 0 Å². The second-order valence-corrected chi connectivity index (χ2v) is 5.88. The zero-order valence-corrected chi connectivity index (χ0v) is 11.9. The topological polar surface area (TPSA) is 88.3 Å². The number of aromatic nitrogens is 1. The normalized spacial score (nSPS) is 26.2. The molecule has 2 atom stereocenters. The number of nitro groups is 1. The third kappa shape index (κ3) is 3.07. The summed E-state index contributed by atoms with van der Waals surface area (Å²) in [6.45, 7) is 4.39. The van der Waals surface area contributed by atoms with Gasteiger partial charge in [-0.15, -0.1) is 0 Å². The molecule has 0 radical (unpaired) electrons. The standard InChI is InChI=1S/C14H21N3O3/c1-10-7-13(15-8-11(10)17(19)20)16-9-14(2)6-4-3-5-12(14)18/h7-8,12,18H,3-6,9H2,1-2H3,(H,15,16). The van der Waals surface area contributed by atoms with Gasteiger partial charge in [0, 0.05) is 17.5 Å². The van der Waals surface area contributed by atoms with Crippen LogP contribution in [0.1, 0.15) is 38.2 Å². The lowest BCUT2D eigenvalue weighted by Gasteiger charge is -2.38. The summed E-state index contributed by atoms with van der Waals surface area (Å²) in [5.74, 6) is 0.618. The molecule has 0 aromatic carbocycles. The Hall–Kier alpha value is -1.69. The fourth-order valence-electron chi connectivity index (χ4n) is 2.72. The molecule has 1 aromatic rings. The van der Waals surface area contributed by atoms with Crippen molar-refractivity contribution >= 4 is 11.5 Å². The summed E-state index contributed by atoms with van der Waals surface area (Å²) >= 11 is 0. The summed E-state index contributed by atoms with van der Waals surface area (Å²) in [7, 11) is 0. The number of pyridine rings is 1. The number of aryl methyl sites for hydroxylation is 1. The highest BCUT2D eigenvalue weighted by Crippen LogP contribution is 2.36. The van der Waals surface area contributed by atoms with Crippen LogP contribution >= 0.6 is 0 Å². The Bertz CT molecular complexity index is 506. The highest BCUT2D eigenvalue weighted by Gasteiger charge is 2.35. The van der Waals surface area contributed by atoms with Crippen molar-refractivity contribution < 1.29 is 10.0 Å². The van der Waals surface area contributed by atoms with Crippen LogP contribution in [0, 0.1) is 22.5 Å². The molecule has 1 aromatic heterocycles. The second kappa shape index (κ2) is 5.75. The summed E-state index contributed by atoms with van der Waals surface area (Å²) in [6, 6.07) is 1.68. The average Bonchev–Trinajstić information content (AvgIpc) is 2.40. The van der Waals surface area contributed by atoms with Gasteiger partial charge in [-0.05, 0) is 25.8 Å². The lowest BCUT2D eigenvalue weighted by molar-refractivity contribution is -0.385. The third-order valence-electron chi connectivity index (χ3n) is 4.23. The van der Waals surface area contributed by atoms with Crippen LogP contribution < -0.4 is 5.32 Å². The number of anilines is 1. The first-order valence-corrected chi connectivity index (χ1v) is 6.95. The highest BCUT2D eigenvalue weighted by molar-refractivity contribution is 5.46. The van der Waals surface area contributed by atoms with Gasteiger partial charge in [0.1, 0.15) is 12.0 Å². The molecule has 0 saturated heterocycles. The molecule has 2 N–H and O–H groups in total. The van der Waals surface area contributed by atoms with Gasteiger partial charge in [-0.3, -0.25) is 10.1 Å². The molecule has 0 spiro atoms. The number of rotatable bonds is 4. The van der Waals surface area contributed by atoms with Gasteiger partial charge in [0.25, 0.3) is 5.69 Å². The van der Waals surface area contributed by atoms with Crippen LogP contribution in [-0.2, 0) is 0 Å². The van der Waals surface area contributed by atoms with E-state index in [1.165, 1.54) is 6.20 Å². The van der Waals surface area contributed by atoms with Crippen LogP contribution in [0.25, 0.3) is 0 Å². The van der Waals surface area contributed by atoms with Crippen LogP contribution in [0.3, 0.4) is 0 Å². The predicted molar refractivity (Wildman–Crippen MR) is 76.7 cm³/mol. The van der Waals surface area contributed by atoms with Gasteiger partial charge in [0.05, 0.1) is 11.0 Å². The third-order valence-corrected chi connectivity index (χ3v) is 4.23. The van der Waals surface area contributed by atoms with Crippen LogP contribution in [0.5, 0.6) is 0 Å². The molecule has 0 amide bonds. The molecule has 20 heavy (non-hydrogen) atoms. The Morgan fingerprint density at radius 2 is 2.35 bits per heavy atom. The van der Waals surface area contributed by atoms with E-state index in [2.05, 4.69) is 17.2 Å². The van der Waals surface area contributed by atoms with E-state index in [9.17, 15) is 15.2 Å². The van der Waals surface area contributed by atoms with E-state index < -0.39 is 4.92 Å². The van der Waals surface area contributed by atoms with E-state index in [1.807, 2.05) is 0 Å². The van der Waals surface area contributed by atoms with E-state index in [0.29, 0.717) is 17.9 Å². The van der Waals surface area contributed by atoms with Gasteiger partial charge in [-0.25, -0.2) is 4.98 Å². The molecule has 1 saturated carbocycles. The minimum atomic E-state index is -0.432. The molecule has 2 unspecified atom stereocenters. The van der Waals surface area contributed by atoms with Gasteiger partial charge in [-0.1, -0.05) is 19.8 Å². The fraction of sp³-hybridized carbons (Fsp3) is 0.643. The zero-order chi connectivity index (χ0) is 14.8. The van der Waals surface area contributed by atoms with E-state index in [-0.39, 0.29) is 17.2 Å². The van der Waals surface area contributed by atoms with Crippen molar-refractivity contribution in [1.29, 1.82) is 0 Å². The quantitative estimate of drug-likeness (QED) is 0.653. The summed E-state index contributed by atoms with van der Waals surface area (Å²) < 4.78 is 0. The number of aliphatic hydroxyl groups is 1. The van der Waals surface area contributed by atoms with Crippen molar-refractivity contribution in [3.05, 3.63) is 27.9 Å². The summed E-state index contributed by atoms with van der Waals surface area (Å²) in [6.07, 6.45) is 4.99. The van der Waals surface area contributed by atoms with Crippen molar-refractivity contribution in [3.8, 4) is 0 Å². The summed E-state index contributed by atoms with van der Waals surface area (Å²) in [5, 5.41) is 24.1. The lowest BCUT2D eigenvalue weighted by Crippen LogP contribution is -2.41. The molecule has 110 valence electrons. The van der Waals surface area contributed by atoms with E-state index in [1.54, 1.807) is 13.0 Å². The second-order valence-electron chi connectivity index (χ2n) is 5.88. The molecule has 0 aliphatic heterocycles. The summed E-state index contributed by atoms with van der Waals surface area (Å²) in [5.41, 5.74) is 0.455. The molecule has 2 rings (SSSR count). The number of hydrogen-bond donors (Lipinski definition) is 2. The largest absolute Gasteiger partial charge is 0.392 e. The molecule has 1 fully saturated rings. The van der Waals surface area contributed by atoms with Crippen molar-refractivity contribution in [3.63, 3.8) is 0 Å². The van der Waals surface area contributed by atoms with Crippen LogP contribution in [0.2, 0.25) is 0 Å². The maximum atomic E-state index is 10.7. The van der Waals surface area contributed by atoms with Crippen molar-refractivity contribution in [1.82, 2.24) is 4.98 Å². The van der Waals surface area contributed by atoms with Crippen molar-refractivity contribution in [2.24, 2.45) is 5.41 Å². The monoisotopic (exact) mass is 279 g/mol. The number of hydrogen-bond acceptors (Lipinski definition) is 5. The number of nitrogens with one attached hydrogen (secondary N) is 1. The molecule has 1 heterocycles.